The smallest absolute Gasteiger partial charge is 0.229 e. The molecule has 0 fully saturated rings. The van der Waals surface area contributed by atoms with Gasteiger partial charge in [0.2, 0.25) is 5.91 Å². The average Bonchev–Trinajstić information content (AvgIpc) is 2.42. The van der Waals surface area contributed by atoms with Gasteiger partial charge in [0.1, 0.15) is 17.7 Å². The number of benzene rings is 1. The molecule has 4 nitrogen and oxygen atoms in total. The van der Waals surface area contributed by atoms with Gasteiger partial charge in [-0.3, -0.25) is 4.79 Å². The number of pyridine rings is 1. The van der Waals surface area contributed by atoms with Crippen LogP contribution in [0.4, 0.5) is 10.2 Å². The summed E-state index contributed by atoms with van der Waals surface area (Å²) < 4.78 is 12.7. The van der Waals surface area contributed by atoms with E-state index in [1.165, 1.54) is 18.3 Å². The van der Waals surface area contributed by atoms with E-state index < -0.39 is 0 Å². The van der Waals surface area contributed by atoms with E-state index in [4.69, 9.17) is 5.26 Å². The number of rotatable bonds is 3. The van der Waals surface area contributed by atoms with Gasteiger partial charge in [-0.2, -0.15) is 5.26 Å². The van der Waals surface area contributed by atoms with Crippen LogP contribution in [0.15, 0.2) is 42.6 Å². The zero-order chi connectivity index (χ0) is 13.7. The first kappa shape index (κ1) is 12.7. The minimum Gasteiger partial charge on any atom is -0.309 e. The lowest BCUT2D eigenvalue weighted by molar-refractivity contribution is -0.115. The lowest BCUT2D eigenvalue weighted by Gasteiger charge is -2.05. The molecule has 0 atom stereocenters. The number of aromatic nitrogens is 1. The van der Waals surface area contributed by atoms with Gasteiger partial charge in [0.25, 0.3) is 0 Å². The summed E-state index contributed by atoms with van der Waals surface area (Å²) in [5, 5.41) is 11.4. The zero-order valence-corrected chi connectivity index (χ0v) is 9.93. The fraction of sp³-hybridized carbons (Fsp3) is 0.0714. The summed E-state index contributed by atoms with van der Waals surface area (Å²) in [4.78, 5) is 15.7. The predicted octanol–water partition coefficient (Wildman–Crippen LogP) is 2.27. The molecular weight excluding hydrogens is 245 g/mol. The Morgan fingerprint density at radius 3 is 2.74 bits per heavy atom. The normalized spacial score (nSPS) is 9.68. The first-order chi connectivity index (χ1) is 9.19. The number of nitrogens with zero attached hydrogens (tertiary/aromatic N) is 2. The van der Waals surface area contributed by atoms with Gasteiger partial charge in [0.15, 0.2) is 0 Å². The van der Waals surface area contributed by atoms with Gasteiger partial charge in [-0.05, 0) is 29.8 Å². The van der Waals surface area contributed by atoms with E-state index in [1.807, 2.05) is 6.07 Å². The average molecular weight is 255 g/mol. The quantitative estimate of drug-likeness (QED) is 0.914. The zero-order valence-electron chi connectivity index (χ0n) is 9.93. The summed E-state index contributed by atoms with van der Waals surface area (Å²) in [6.45, 7) is 0. The molecule has 0 saturated carbocycles. The van der Waals surface area contributed by atoms with Crippen LogP contribution in [0.25, 0.3) is 0 Å². The molecule has 1 amide bonds. The highest BCUT2D eigenvalue weighted by Gasteiger charge is 2.08. The summed E-state index contributed by atoms with van der Waals surface area (Å²) in [5.41, 5.74) is 0.989. The van der Waals surface area contributed by atoms with Gasteiger partial charge >= 0.3 is 0 Å². The van der Waals surface area contributed by atoms with E-state index in [2.05, 4.69) is 10.3 Å². The first-order valence-electron chi connectivity index (χ1n) is 5.58. The summed E-state index contributed by atoms with van der Waals surface area (Å²) in [6, 6.07) is 10.8. The van der Waals surface area contributed by atoms with E-state index in [9.17, 15) is 9.18 Å². The lowest BCUT2D eigenvalue weighted by Crippen LogP contribution is -2.16. The minimum absolute atomic E-state index is 0.0989. The van der Waals surface area contributed by atoms with Gasteiger partial charge in [-0.1, -0.05) is 12.1 Å². The highest BCUT2D eigenvalue weighted by atomic mass is 19.1. The van der Waals surface area contributed by atoms with Crippen LogP contribution in [-0.4, -0.2) is 10.9 Å². The van der Waals surface area contributed by atoms with Crippen LogP contribution in [0.1, 0.15) is 11.1 Å². The molecule has 0 spiro atoms. The molecule has 94 valence electrons. The van der Waals surface area contributed by atoms with Gasteiger partial charge in [0, 0.05) is 6.20 Å². The molecule has 1 aromatic heterocycles. The molecule has 0 aliphatic rings. The maximum atomic E-state index is 12.7. The SMILES string of the molecule is N#Cc1cccnc1NC(=O)Cc1ccc(F)cc1. The maximum absolute atomic E-state index is 12.7. The minimum atomic E-state index is -0.347. The van der Waals surface area contributed by atoms with Crippen molar-refractivity contribution < 1.29 is 9.18 Å². The summed E-state index contributed by atoms with van der Waals surface area (Å²) in [6.07, 6.45) is 1.59. The van der Waals surface area contributed by atoms with Gasteiger partial charge < -0.3 is 5.32 Å². The molecule has 0 aliphatic heterocycles. The number of hydrogen-bond donors (Lipinski definition) is 1. The molecular formula is C14H10FN3O. The van der Waals surface area contributed by atoms with E-state index in [0.717, 1.165) is 0 Å². The fourth-order valence-electron chi connectivity index (χ4n) is 1.56. The van der Waals surface area contributed by atoms with Crippen molar-refractivity contribution >= 4 is 11.7 Å². The lowest BCUT2D eigenvalue weighted by atomic mass is 10.1. The number of nitrogens with one attached hydrogen (secondary N) is 1. The highest BCUT2D eigenvalue weighted by Crippen LogP contribution is 2.11. The van der Waals surface area contributed by atoms with E-state index in [1.54, 1.807) is 24.3 Å². The number of anilines is 1. The molecule has 1 N–H and O–H groups in total. The summed E-state index contributed by atoms with van der Waals surface area (Å²) in [7, 11) is 0. The third kappa shape index (κ3) is 3.36. The second kappa shape index (κ2) is 5.74. The van der Waals surface area contributed by atoms with Crippen LogP contribution < -0.4 is 5.32 Å². The van der Waals surface area contributed by atoms with Crippen LogP contribution in [0.2, 0.25) is 0 Å². The number of nitriles is 1. The number of halogens is 1. The largest absolute Gasteiger partial charge is 0.309 e. The summed E-state index contributed by atoms with van der Waals surface area (Å²) >= 11 is 0. The second-order valence-corrected chi connectivity index (χ2v) is 3.86. The predicted molar refractivity (Wildman–Crippen MR) is 67.7 cm³/mol. The van der Waals surface area contributed by atoms with Gasteiger partial charge in [0.05, 0.1) is 12.0 Å². The molecule has 0 saturated heterocycles. The van der Waals surface area contributed by atoms with Crippen molar-refractivity contribution in [3.05, 3.63) is 59.5 Å². The van der Waals surface area contributed by atoms with Gasteiger partial charge in [-0.15, -0.1) is 0 Å². The van der Waals surface area contributed by atoms with Crippen molar-refractivity contribution in [1.82, 2.24) is 4.98 Å². The fourth-order valence-corrected chi connectivity index (χ4v) is 1.56. The van der Waals surface area contributed by atoms with E-state index in [-0.39, 0.29) is 24.0 Å². The van der Waals surface area contributed by atoms with Crippen molar-refractivity contribution in [2.45, 2.75) is 6.42 Å². The number of carbonyl (C=O) groups excluding carboxylic acids is 1. The Kier molecular flexibility index (Phi) is 3.84. The summed E-state index contributed by atoms with van der Waals surface area (Å²) in [5.74, 6) is -0.417. The molecule has 2 aromatic rings. The van der Waals surface area contributed by atoms with Crippen LogP contribution in [-0.2, 0) is 11.2 Å². The van der Waals surface area contributed by atoms with Gasteiger partial charge in [-0.25, -0.2) is 9.37 Å². The molecule has 0 aliphatic carbocycles. The van der Waals surface area contributed by atoms with Crippen LogP contribution in [0.3, 0.4) is 0 Å². The van der Waals surface area contributed by atoms with Crippen LogP contribution in [0.5, 0.6) is 0 Å². The molecule has 19 heavy (non-hydrogen) atoms. The Morgan fingerprint density at radius 1 is 1.32 bits per heavy atom. The number of carbonyl (C=O) groups is 1. The molecule has 1 heterocycles. The van der Waals surface area contributed by atoms with Crippen molar-refractivity contribution in [2.24, 2.45) is 0 Å². The van der Waals surface area contributed by atoms with Crippen molar-refractivity contribution in [3.8, 4) is 6.07 Å². The first-order valence-corrected chi connectivity index (χ1v) is 5.58. The third-order valence-corrected chi connectivity index (χ3v) is 2.46. The Hall–Kier alpha value is -2.74. The number of hydrogen-bond acceptors (Lipinski definition) is 3. The Balaban J connectivity index is 2.06. The van der Waals surface area contributed by atoms with Crippen molar-refractivity contribution in [1.29, 1.82) is 5.26 Å². The van der Waals surface area contributed by atoms with E-state index >= 15 is 0 Å². The molecule has 5 heteroatoms. The maximum Gasteiger partial charge on any atom is 0.229 e. The molecule has 0 bridgehead atoms. The number of amides is 1. The molecule has 0 radical (unpaired) electrons. The Bertz CT molecular complexity index is 632. The molecule has 2 rings (SSSR count). The van der Waals surface area contributed by atoms with E-state index in [0.29, 0.717) is 11.1 Å². The second-order valence-electron chi connectivity index (χ2n) is 3.86. The van der Waals surface area contributed by atoms with Crippen molar-refractivity contribution in [3.63, 3.8) is 0 Å². The Morgan fingerprint density at radius 2 is 2.05 bits per heavy atom. The standard InChI is InChI=1S/C14H10FN3O/c15-12-5-3-10(4-6-12)8-13(19)18-14-11(9-16)2-1-7-17-14/h1-7H,8H2,(H,17,18,19). The third-order valence-electron chi connectivity index (χ3n) is 2.46. The Labute approximate surface area is 109 Å². The van der Waals surface area contributed by atoms with Crippen LogP contribution >= 0.6 is 0 Å². The molecule has 1 aromatic carbocycles. The van der Waals surface area contributed by atoms with Crippen molar-refractivity contribution in [2.75, 3.05) is 5.32 Å². The highest BCUT2D eigenvalue weighted by molar-refractivity contribution is 5.92. The molecule has 0 unspecified atom stereocenters. The monoisotopic (exact) mass is 255 g/mol. The van der Waals surface area contributed by atoms with Crippen LogP contribution in [0, 0.1) is 17.1 Å². The topological polar surface area (TPSA) is 65.8 Å².